The summed E-state index contributed by atoms with van der Waals surface area (Å²) in [6.45, 7) is 8.54. The maximum Gasteiger partial charge on any atom is 0.141 e. The van der Waals surface area contributed by atoms with E-state index in [4.69, 9.17) is 0 Å². The van der Waals surface area contributed by atoms with Crippen LogP contribution in [0.5, 0.6) is 0 Å². The molecule has 4 nitrogen and oxygen atoms in total. The summed E-state index contributed by atoms with van der Waals surface area (Å²) >= 11 is 0. The first-order valence-corrected chi connectivity index (χ1v) is 6.27. The van der Waals surface area contributed by atoms with E-state index in [1.165, 1.54) is 12.8 Å². The second-order valence-electron chi connectivity index (χ2n) is 5.22. The minimum Gasteiger partial charge on any atom is -0.310 e. The van der Waals surface area contributed by atoms with E-state index in [1.807, 2.05) is 0 Å². The topological polar surface area (TPSA) is 42.7 Å². The van der Waals surface area contributed by atoms with Gasteiger partial charge in [0.1, 0.15) is 12.2 Å². The van der Waals surface area contributed by atoms with Crippen molar-refractivity contribution in [1.29, 1.82) is 0 Å². The summed E-state index contributed by atoms with van der Waals surface area (Å²) in [5, 5.41) is 7.76. The Bertz CT molecular complexity index is 328. The fraction of sp³-hybridized carbons (Fsp3) is 0.833. The third-order valence-corrected chi connectivity index (χ3v) is 3.17. The predicted molar refractivity (Wildman–Crippen MR) is 64.0 cm³/mol. The van der Waals surface area contributed by atoms with Gasteiger partial charge in [0.15, 0.2) is 0 Å². The van der Waals surface area contributed by atoms with Crippen molar-refractivity contribution in [2.45, 2.75) is 46.2 Å². The molecule has 16 heavy (non-hydrogen) atoms. The average Bonchev–Trinajstić information content (AvgIpc) is 2.98. The van der Waals surface area contributed by atoms with Crippen LogP contribution in [0.4, 0.5) is 0 Å². The molecule has 0 amide bonds. The highest BCUT2D eigenvalue weighted by Crippen LogP contribution is 2.39. The largest absolute Gasteiger partial charge is 0.310 e. The predicted octanol–water partition coefficient (Wildman–Crippen LogP) is 1.99. The molecule has 4 heteroatoms. The summed E-state index contributed by atoms with van der Waals surface area (Å²) in [5.41, 5.74) is 0. The standard InChI is InChI=1S/C12H22N4/c1-9(2)6-13-7-12-14-8-15-16(12)10(3)11-4-5-11/h8-11,13H,4-7H2,1-3H3. The van der Waals surface area contributed by atoms with Gasteiger partial charge in [-0.1, -0.05) is 13.8 Å². The molecule has 1 atom stereocenters. The Morgan fingerprint density at radius 2 is 2.19 bits per heavy atom. The van der Waals surface area contributed by atoms with Gasteiger partial charge in [0.05, 0.1) is 12.6 Å². The number of rotatable bonds is 6. The highest BCUT2D eigenvalue weighted by Gasteiger charge is 2.30. The zero-order chi connectivity index (χ0) is 11.5. The summed E-state index contributed by atoms with van der Waals surface area (Å²) in [7, 11) is 0. The van der Waals surface area contributed by atoms with E-state index in [0.717, 1.165) is 24.8 Å². The summed E-state index contributed by atoms with van der Waals surface area (Å²) < 4.78 is 2.09. The molecule has 0 aliphatic heterocycles. The fourth-order valence-electron chi connectivity index (χ4n) is 1.99. The molecule has 2 rings (SSSR count). The molecule has 1 aliphatic carbocycles. The minimum absolute atomic E-state index is 0.512. The number of aromatic nitrogens is 3. The third kappa shape index (κ3) is 2.82. The first-order chi connectivity index (χ1) is 7.68. The molecule has 1 aliphatic rings. The molecular weight excluding hydrogens is 200 g/mol. The lowest BCUT2D eigenvalue weighted by Crippen LogP contribution is -2.23. The Kier molecular flexibility index (Phi) is 3.59. The molecule has 0 spiro atoms. The maximum atomic E-state index is 4.34. The average molecular weight is 222 g/mol. The van der Waals surface area contributed by atoms with Gasteiger partial charge in [-0.2, -0.15) is 5.10 Å². The van der Waals surface area contributed by atoms with E-state index in [-0.39, 0.29) is 0 Å². The van der Waals surface area contributed by atoms with E-state index in [0.29, 0.717) is 12.0 Å². The highest BCUT2D eigenvalue weighted by atomic mass is 15.4. The molecule has 1 aromatic heterocycles. The van der Waals surface area contributed by atoms with Gasteiger partial charge in [-0.25, -0.2) is 9.67 Å². The molecule has 1 aromatic rings. The van der Waals surface area contributed by atoms with E-state index in [1.54, 1.807) is 6.33 Å². The molecule has 1 heterocycles. The summed E-state index contributed by atoms with van der Waals surface area (Å²) in [6, 6.07) is 0.512. The van der Waals surface area contributed by atoms with E-state index < -0.39 is 0 Å². The van der Waals surface area contributed by atoms with Gasteiger partial charge in [0, 0.05) is 0 Å². The van der Waals surface area contributed by atoms with Gasteiger partial charge >= 0.3 is 0 Å². The fourth-order valence-corrected chi connectivity index (χ4v) is 1.99. The Morgan fingerprint density at radius 3 is 2.81 bits per heavy atom. The number of nitrogens with zero attached hydrogens (tertiary/aromatic N) is 3. The summed E-state index contributed by atoms with van der Waals surface area (Å²) in [6.07, 6.45) is 4.37. The number of hydrogen-bond donors (Lipinski definition) is 1. The third-order valence-electron chi connectivity index (χ3n) is 3.17. The summed E-state index contributed by atoms with van der Waals surface area (Å²) in [4.78, 5) is 4.33. The zero-order valence-corrected chi connectivity index (χ0v) is 10.5. The van der Waals surface area contributed by atoms with Crippen molar-refractivity contribution in [3.8, 4) is 0 Å². The molecule has 1 saturated carbocycles. The van der Waals surface area contributed by atoms with E-state index in [2.05, 4.69) is 40.9 Å². The first-order valence-electron chi connectivity index (χ1n) is 6.27. The maximum absolute atomic E-state index is 4.34. The van der Waals surface area contributed by atoms with Crippen molar-refractivity contribution in [1.82, 2.24) is 20.1 Å². The Balaban J connectivity index is 1.90. The van der Waals surface area contributed by atoms with E-state index in [9.17, 15) is 0 Å². The van der Waals surface area contributed by atoms with Crippen LogP contribution in [-0.4, -0.2) is 21.3 Å². The second-order valence-corrected chi connectivity index (χ2v) is 5.22. The number of hydrogen-bond acceptors (Lipinski definition) is 3. The highest BCUT2D eigenvalue weighted by molar-refractivity contribution is 4.91. The molecule has 0 aromatic carbocycles. The van der Waals surface area contributed by atoms with Crippen molar-refractivity contribution >= 4 is 0 Å². The second kappa shape index (κ2) is 4.95. The van der Waals surface area contributed by atoms with Crippen molar-refractivity contribution in [2.24, 2.45) is 11.8 Å². The van der Waals surface area contributed by atoms with Gasteiger partial charge in [0.25, 0.3) is 0 Å². The zero-order valence-electron chi connectivity index (χ0n) is 10.5. The van der Waals surface area contributed by atoms with Crippen LogP contribution in [0.3, 0.4) is 0 Å². The van der Waals surface area contributed by atoms with Crippen LogP contribution in [0.15, 0.2) is 6.33 Å². The van der Waals surface area contributed by atoms with Crippen LogP contribution in [0.1, 0.15) is 45.5 Å². The SMILES string of the molecule is CC(C)CNCc1ncnn1C(C)C1CC1. The lowest BCUT2D eigenvalue weighted by Gasteiger charge is -2.14. The van der Waals surface area contributed by atoms with Crippen LogP contribution in [0.25, 0.3) is 0 Å². The van der Waals surface area contributed by atoms with Gasteiger partial charge in [-0.05, 0) is 38.1 Å². The van der Waals surface area contributed by atoms with Crippen LogP contribution in [-0.2, 0) is 6.54 Å². The Labute approximate surface area is 97.5 Å². The molecule has 1 N–H and O–H groups in total. The van der Waals surface area contributed by atoms with Crippen molar-refractivity contribution in [2.75, 3.05) is 6.54 Å². The summed E-state index contributed by atoms with van der Waals surface area (Å²) in [5.74, 6) is 2.57. The van der Waals surface area contributed by atoms with Crippen molar-refractivity contribution < 1.29 is 0 Å². The van der Waals surface area contributed by atoms with Gasteiger partial charge < -0.3 is 5.32 Å². The molecule has 0 saturated heterocycles. The first kappa shape index (κ1) is 11.6. The molecule has 1 fully saturated rings. The molecule has 90 valence electrons. The lowest BCUT2D eigenvalue weighted by molar-refractivity contribution is 0.412. The normalized spacial score (nSPS) is 18.0. The number of nitrogens with one attached hydrogen (secondary N) is 1. The van der Waals surface area contributed by atoms with Gasteiger partial charge in [0.2, 0.25) is 0 Å². The minimum atomic E-state index is 0.512. The molecule has 0 radical (unpaired) electrons. The monoisotopic (exact) mass is 222 g/mol. The lowest BCUT2D eigenvalue weighted by atomic mass is 10.2. The molecule has 1 unspecified atom stereocenters. The van der Waals surface area contributed by atoms with Gasteiger partial charge in [-0.3, -0.25) is 0 Å². The smallest absolute Gasteiger partial charge is 0.141 e. The van der Waals surface area contributed by atoms with Crippen molar-refractivity contribution in [3.63, 3.8) is 0 Å². The quantitative estimate of drug-likeness (QED) is 0.800. The Morgan fingerprint density at radius 1 is 1.44 bits per heavy atom. The van der Waals surface area contributed by atoms with Crippen LogP contribution < -0.4 is 5.32 Å². The Hall–Kier alpha value is -0.900. The van der Waals surface area contributed by atoms with Crippen LogP contribution in [0.2, 0.25) is 0 Å². The van der Waals surface area contributed by atoms with E-state index >= 15 is 0 Å². The van der Waals surface area contributed by atoms with Crippen LogP contribution >= 0.6 is 0 Å². The molecular formula is C12H22N4. The van der Waals surface area contributed by atoms with Crippen molar-refractivity contribution in [3.05, 3.63) is 12.2 Å². The van der Waals surface area contributed by atoms with Gasteiger partial charge in [-0.15, -0.1) is 0 Å². The molecule has 0 bridgehead atoms. The van der Waals surface area contributed by atoms with Crippen LogP contribution in [0, 0.1) is 11.8 Å².